The third-order valence-corrected chi connectivity index (χ3v) is 9.72. The van der Waals surface area contributed by atoms with E-state index in [9.17, 15) is 14.4 Å². The number of benzene rings is 3. The standard InChI is InChI=1S/C40H54N4O3/c1-3-4-5-6-16-27-44-28-17-18-32(31-44)30-42-37(46)26-25-36(45)39(41)43(2)38(47)29-40(33-19-10-7-11-20-33,34-21-12-8-13-22-34)35-23-14-9-15-24-35/h7-15,19-24,32,39H,3-6,16-18,25-31,41H2,1-2H3,(H,42,46)/t32-,39?/m1/s1. The fourth-order valence-corrected chi connectivity index (χ4v) is 6.89. The van der Waals surface area contributed by atoms with Gasteiger partial charge in [-0.1, -0.05) is 124 Å². The molecular formula is C40H54N4O3. The highest BCUT2D eigenvalue weighted by atomic mass is 16.2. The number of piperidine rings is 1. The van der Waals surface area contributed by atoms with Crippen LogP contribution in [0, 0.1) is 5.92 Å². The van der Waals surface area contributed by atoms with E-state index in [-0.39, 0.29) is 36.9 Å². The van der Waals surface area contributed by atoms with E-state index in [1.165, 1.54) is 37.0 Å². The molecule has 1 fully saturated rings. The van der Waals surface area contributed by atoms with Crippen LogP contribution in [0.15, 0.2) is 91.0 Å². The molecule has 3 aromatic rings. The number of nitrogens with one attached hydrogen (secondary N) is 1. The number of unbranched alkanes of at least 4 members (excludes halogenated alkanes) is 4. The molecule has 1 aliphatic heterocycles. The number of nitrogens with two attached hydrogens (primary N) is 1. The predicted octanol–water partition coefficient (Wildman–Crippen LogP) is 6.30. The van der Waals surface area contributed by atoms with Gasteiger partial charge in [0.05, 0.1) is 5.41 Å². The van der Waals surface area contributed by atoms with Crippen molar-refractivity contribution in [3.05, 3.63) is 108 Å². The van der Waals surface area contributed by atoms with E-state index in [2.05, 4.69) is 17.1 Å². The van der Waals surface area contributed by atoms with Crippen molar-refractivity contribution in [2.45, 2.75) is 82.7 Å². The maximum Gasteiger partial charge on any atom is 0.225 e. The van der Waals surface area contributed by atoms with E-state index in [4.69, 9.17) is 5.73 Å². The third-order valence-electron chi connectivity index (χ3n) is 9.72. The zero-order valence-electron chi connectivity index (χ0n) is 28.4. The Bertz CT molecular complexity index is 1290. The molecule has 3 aromatic carbocycles. The topological polar surface area (TPSA) is 95.7 Å². The van der Waals surface area contributed by atoms with Crippen molar-refractivity contribution in [2.24, 2.45) is 11.7 Å². The highest BCUT2D eigenvalue weighted by molar-refractivity contribution is 5.91. The minimum Gasteiger partial charge on any atom is -0.356 e. The molecule has 4 rings (SSSR count). The molecule has 0 bridgehead atoms. The van der Waals surface area contributed by atoms with E-state index < -0.39 is 11.6 Å². The van der Waals surface area contributed by atoms with Crippen molar-refractivity contribution >= 4 is 17.6 Å². The molecule has 1 saturated heterocycles. The molecule has 0 saturated carbocycles. The lowest BCUT2D eigenvalue weighted by atomic mass is 9.67. The molecule has 3 N–H and O–H groups in total. The number of carbonyl (C=O) groups excluding carboxylic acids is 3. The number of hydrogen-bond acceptors (Lipinski definition) is 5. The first-order valence-electron chi connectivity index (χ1n) is 17.5. The van der Waals surface area contributed by atoms with Crippen LogP contribution in [0.25, 0.3) is 0 Å². The Morgan fingerprint density at radius 2 is 1.40 bits per heavy atom. The van der Waals surface area contributed by atoms with Crippen molar-refractivity contribution in [2.75, 3.05) is 33.2 Å². The smallest absolute Gasteiger partial charge is 0.225 e. The molecule has 1 aliphatic rings. The average Bonchev–Trinajstić information content (AvgIpc) is 3.12. The van der Waals surface area contributed by atoms with Gasteiger partial charge in [0.25, 0.3) is 0 Å². The van der Waals surface area contributed by atoms with Gasteiger partial charge in [0.15, 0.2) is 5.78 Å². The molecule has 2 atom stereocenters. The average molecular weight is 639 g/mol. The third kappa shape index (κ3) is 10.1. The van der Waals surface area contributed by atoms with Crippen molar-refractivity contribution in [1.82, 2.24) is 15.1 Å². The summed E-state index contributed by atoms with van der Waals surface area (Å²) >= 11 is 0. The lowest BCUT2D eigenvalue weighted by Gasteiger charge is -2.37. The van der Waals surface area contributed by atoms with Crippen LogP contribution in [0.1, 0.15) is 87.8 Å². The number of hydrogen-bond donors (Lipinski definition) is 2. The second kappa shape index (κ2) is 18.5. The molecule has 252 valence electrons. The highest BCUT2D eigenvalue weighted by Gasteiger charge is 2.40. The van der Waals surface area contributed by atoms with Crippen molar-refractivity contribution in [3.63, 3.8) is 0 Å². The van der Waals surface area contributed by atoms with Gasteiger partial charge in [0, 0.05) is 39.4 Å². The zero-order chi connectivity index (χ0) is 33.5. The van der Waals surface area contributed by atoms with E-state index in [1.807, 2.05) is 91.0 Å². The summed E-state index contributed by atoms with van der Waals surface area (Å²) in [6, 6.07) is 30.0. The zero-order valence-corrected chi connectivity index (χ0v) is 28.4. The van der Waals surface area contributed by atoms with Crippen LogP contribution in [-0.2, 0) is 19.8 Å². The monoisotopic (exact) mass is 638 g/mol. The number of ketones is 1. The SMILES string of the molecule is CCCCCCCN1CCC[C@H](CNC(=O)CCC(=O)C(N)N(C)C(=O)CC(c2ccccc2)(c2ccccc2)c2ccccc2)C1. The Hall–Kier alpha value is -3.81. The number of Topliss-reactive ketones (excluding diaryl/α,β-unsaturated/α-hetero) is 1. The van der Waals surface area contributed by atoms with Crippen LogP contribution in [0.4, 0.5) is 0 Å². The normalized spacial score (nSPS) is 15.9. The molecule has 7 nitrogen and oxygen atoms in total. The van der Waals surface area contributed by atoms with Gasteiger partial charge in [-0.2, -0.15) is 0 Å². The maximum atomic E-state index is 14.0. The second-order valence-electron chi connectivity index (χ2n) is 13.1. The van der Waals surface area contributed by atoms with Crippen LogP contribution in [0.2, 0.25) is 0 Å². The van der Waals surface area contributed by atoms with Gasteiger partial charge in [0.1, 0.15) is 6.17 Å². The highest BCUT2D eigenvalue weighted by Crippen LogP contribution is 2.42. The first-order chi connectivity index (χ1) is 22.8. The molecular weight excluding hydrogens is 584 g/mol. The quantitative estimate of drug-likeness (QED) is 0.0969. The molecule has 47 heavy (non-hydrogen) atoms. The van der Waals surface area contributed by atoms with Crippen LogP contribution in [0.3, 0.4) is 0 Å². The van der Waals surface area contributed by atoms with Crippen LogP contribution < -0.4 is 11.1 Å². The Balaban J connectivity index is 1.33. The Kier molecular flexibility index (Phi) is 14.2. The predicted molar refractivity (Wildman–Crippen MR) is 190 cm³/mol. The molecule has 1 heterocycles. The van der Waals surface area contributed by atoms with Gasteiger partial charge in [0.2, 0.25) is 11.8 Å². The van der Waals surface area contributed by atoms with E-state index in [1.54, 1.807) is 7.05 Å². The van der Waals surface area contributed by atoms with E-state index in [0.717, 1.165) is 49.2 Å². The number of likely N-dealkylation sites (tertiary alicyclic amines) is 1. The van der Waals surface area contributed by atoms with E-state index in [0.29, 0.717) is 12.5 Å². The summed E-state index contributed by atoms with van der Waals surface area (Å²) < 4.78 is 0. The Labute approximate surface area is 281 Å². The van der Waals surface area contributed by atoms with Crippen LogP contribution >= 0.6 is 0 Å². The summed E-state index contributed by atoms with van der Waals surface area (Å²) in [4.78, 5) is 43.8. The largest absolute Gasteiger partial charge is 0.356 e. The summed E-state index contributed by atoms with van der Waals surface area (Å²) in [5.74, 6) is -0.289. The molecule has 0 radical (unpaired) electrons. The number of rotatable bonds is 18. The molecule has 1 unspecified atom stereocenters. The van der Waals surface area contributed by atoms with Crippen LogP contribution in [-0.4, -0.2) is 66.8 Å². The molecule has 0 aliphatic carbocycles. The van der Waals surface area contributed by atoms with Crippen molar-refractivity contribution in [1.29, 1.82) is 0 Å². The second-order valence-corrected chi connectivity index (χ2v) is 13.1. The van der Waals surface area contributed by atoms with Gasteiger partial charge < -0.3 is 20.9 Å². The first kappa shape index (κ1) is 36.0. The fourth-order valence-electron chi connectivity index (χ4n) is 6.89. The molecule has 2 amide bonds. The summed E-state index contributed by atoms with van der Waals surface area (Å²) in [6.45, 7) is 6.16. The summed E-state index contributed by atoms with van der Waals surface area (Å²) in [5, 5.41) is 3.05. The number of amides is 2. The van der Waals surface area contributed by atoms with Gasteiger partial charge in [-0.15, -0.1) is 0 Å². The molecule has 7 heteroatoms. The maximum absolute atomic E-state index is 14.0. The first-order valence-corrected chi connectivity index (χ1v) is 17.5. The fraction of sp³-hybridized carbons (Fsp3) is 0.475. The summed E-state index contributed by atoms with van der Waals surface area (Å²) in [6.07, 6.45) is 7.67. The van der Waals surface area contributed by atoms with E-state index >= 15 is 0 Å². The Morgan fingerprint density at radius 3 is 1.96 bits per heavy atom. The van der Waals surface area contributed by atoms with Crippen molar-refractivity contribution in [3.8, 4) is 0 Å². The Morgan fingerprint density at radius 1 is 0.851 bits per heavy atom. The van der Waals surface area contributed by atoms with Gasteiger partial charge in [-0.05, 0) is 55.0 Å². The number of carbonyl (C=O) groups is 3. The summed E-state index contributed by atoms with van der Waals surface area (Å²) in [5.41, 5.74) is 8.51. The molecule has 0 spiro atoms. The minimum atomic E-state index is -1.14. The van der Waals surface area contributed by atoms with Gasteiger partial charge in [-0.3, -0.25) is 14.4 Å². The number of nitrogens with zero attached hydrogens (tertiary/aromatic N) is 2. The van der Waals surface area contributed by atoms with Crippen molar-refractivity contribution < 1.29 is 14.4 Å². The molecule has 0 aromatic heterocycles. The van der Waals surface area contributed by atoms with Gasteiger partial charge in [-0.25, -0.2) is 0 Å². The summed E-state index contributed by atoms with van der Waals surface area (Å²) in [7, 11) is 1.58. The van der Waals surface area contributed by atoms with Crippen LogP contribution in [0.5, 0.6) is 0 Å². The van der Waals surface area contributed by atoms with Gasteiger partial charge >= 0.3 is 0 Å². The lowest BCUT2D eigenvalue weighted by Crippen LogP contribution is -2.50. The minimum absolute atomic E-state index is 0.0135. The number of likely N-dealkylation sites (N-methyl/N-ethyl adjacent to an activating group) is 1. The lowest BCUT2D eigenvalue weighted by molar-refractivity contribution is -0.138.